The van der Waals surface area contributed by atoms with E-state index < -0.39 is 6.36 Å². The molecular weight excluding hydrogens is 451 g/mol. The molecule has 3 rings (SSSR count). The van der Waals surface area contributed by atoms with E-state index in [1.807, 2.05) is 38.4 Å². The Bertz CT molecular complexity index is 991. The summed E-state index contributed by atoms with van der Waals surface area (Å²) in [6.07, 6.45) is 11.4. The Labute approximate surface area is 216 Å². The number of halogens is 1. The van der Waals surface area contributed by atoms with E-state index in [1.54, 1.807) is 0 Å². The number of hydrogen-bond donors (Lipinski definition) is 0. The first kappa shape index (κ1) is 27.8. The van der Waals surface area contributed by atoms with Gasteiger partial charge in [0.05, 0.1) is 13.2 Å². The summed E-state index contributed by atoms with van der Waals surface area (Å²) in [5.41, 5.74) is 4.46. The number of rotatable bonds is 16. The van der Waals surface area contributed by atoms with Crippen LogP contribution in [0.5, 0.6) is 5.75 Å². The van der Waals surface area contributed by atoms with Gasteiger partial charge in [0.1, 0.15) is 5.75 Å². The highest BCUT2D eigenvalue weighted by Crippen LogP contribution is 2.25. The number of ether oxygens (including phenoxy) is 2. The number of aromatic nitrogens is 2. The van der Waals surface area contributed by atoms with Crippen LogP contribution in [-0.4, -0.2) is 29.5 Å². The van der Waals surface area contributed by atoms with Gasteiger partial charge in [0, 0.05) is 30.3 Å². The van der Waals surface area contributed by atoms with Crippen molar-refractivity contribution in [2.24, 2.45) is 5.92 Å². The zero-order valence-electron chi connectivity index (χ0n) is 22.1. The van der Waals surface area contributed by atoms with Crippen molar-refractivity contribution in [3.63, 3.8) is 0 Å². The molecular formula is C31H41FN2O2. The van der Waals surface area contributed by atoms with Gasteiger partial charge in [-0.05, 0) is 41.7 Å². The molecule has 5 heteroatoms. The second-order valence-corrected chi connectivity index (χ2v) is 9.63. The predicted molar refractivity (Wildman–Crippen MR) is 146 cm³/mol. The van der Waals surface area contributed by atoms with Crippen LogP contribution in [0.15, 0.2) is 60.9 Å². The average Bonchev–Trinajstić information content (AvgIpc) is 2.91. The second-order valence-electron chi connectivity index (χ2n) is 9.63. The number of unbranched alkanes of at least 4 members (excludes halogenated alkanes) is 4. The molecule has 2 atom stereocenters. The zero-order chi connectivity index (χ0) is 25.6. The zero-order valence-corrected chi connectivity index (χ0v) is 22.1. The Balaban J connectivity index is 1.47. The minimum absolute atomic E-state index is 0.120. The van der Waals surface area contributed by atoms with Crippen LogP contribution in [0.1, 0.15) is 71.3 Å². The van der Waals surface area contributed by atoms with Gasteiger partial charge in [-0.3, -0.25) is 0 Å². The lowest BCUT2D eigenvalue weighted by molar-refractivity contribution is -0.0601. The summed E-state index contributed by atoms with van der Waals surface area (Å²) in [5, 5.41) is 0. The Kier molecular flexibility index (Phi) is 11.9. The van der Waals surface area contributed by atoms with Gasteiger partial charge in [-0.1, -0.05) is 89.3 Å². The van der Waals surface area contributed by atoms with Crippen molar-refractivity contribution in [3.05, 3.63) is 66.5 Å². The topological polar surface area (TPSA) is 44.2 Å². The molecule has 194 valence electrons. The third-order valence-corrected chi connectivity index (χ3v) is 6.22. The Morgan fingerprint density at radius 2 is 1.36 bits per heavy atom. The SMILES string of the molecule is CCCCCCCc1cnc(-c2ccc(-c3ccc(OCC(C)COC(F)CCC)cc3)cc2)nc1. The quantitative estimate of drug-likeness (QED) is 0.188. The molecule has 0 fully saturated rings. The number of benzene rings is 2. The van der Waals surface area contributed by atoms with E-state index in [4.69, 9.17) is 9.47 Å². The standard InChI is InChI=1S/C31H41FN2O2/c1-4-6-7-8-9-11-25-20-33-31(34-21-25)28-14-12-26(13-15-28)27-16-18-29(19-17-27)35-22-24(3)23-36-30(32)10-5-2/h12-21,24,30H,4-11,22-23H2,1-3H3. The molecule has 0 spiro atoms. The molecule has 0 radical (unpaired) electrons. The fraction of sp³-hybridized carbons (Fsp3) is 0.484. The second kappa shape index (κ2) is 15.4. The van der Waals surface area contributed by atoms with E-state index in [-0.39, 0.29) is 5.92 Å². The van der Waals surface area contributed by atoms with Crippen LogP contribution in [0.4, 0.5) is 4.39 Å². The van der Waals surface area contributed by atoms with Crippen LogP contribution < -0.4 is 4.74 Å². The van der Waals surface area contributed by atoms with Crippen molar-refractivity contribution >= 4 is 0 Å². The van der Waals surface area contributed by atoms with Crippen LogP contribution in [-0.2, 0) is 11.2 Å². The maximum atomic E-state index is 13.5. The largest absolute Gasteiger partial charge is 0.493 e. The third kappa shape index (κ3) is 9.34. The summed E-state index contributed by atoms with van der Waals surface area (Å²) in [6.45, 7) is 7.04. The van der Waals surface area contributed by atoms with Gasteiger partial charge < -0.3 is 9.47 Å². The summed E-state index contributed by atoms with van der Waals surface area (Å²) in [4.78, 5) is 9.17. The molecule has 3 aromatic rings. The van der Waals surface area contributed by atoms with Crippen molar-refractivity contribution < 1.29 is 13.9 Å². The van der Waals surface area contributed by atoms with Gasteiger partial charge in [-0.25, -0.2) is 14.4 Å². The van der Waals surface area contributed by atoms with E-state index in [0.717, 1.165) is 41.1 Å². The summed E-state index contributed by atoms with van der Waals surface area (Å²) in [7, 11) is 0. The van der Waals surface area contributed by atoms with Crippen molar-refractivity contribution in [1.82, 2.24) is 9.97 Å². The lowest BCUT2D eigenvalue weighted by Gasteiger charge is -2.15. The van der Waals surface area contributed by atoms with Crippen LogP contribution in [0.25, 0.3) is 22.5 Å². The van der Waals surface area contributed by atoms with Gasteiger partial charge >= 0.3 is 0 Å². The van der Waals surface area contributed by atoms with Crippen molar-refractivity contribution in [3.8, 4) is 28.3 Å². The molecule has 0 saturated heterocycles. The Hall–Kier alpha value is -2.79. The normalized spacial score (nSPS) is 12.9. The highest BCUT2D eigenvalue weighted by Gasteiger charge is 2.10. The summed E-state index contributed by atoms with van der Waals surface area (Å²) in [5.74, 6) is 1.67. The minimum Gasteiger partial charge on any atom is -0.493 e. The molecule has 2 aromatic carbocycles. The fourth-order valence-electron chi connectivity index (χ4n) is 3.99. The van der Waals surface area contributed by atoms with Gasteiger partial charge in [0.2, 0.25) is 0 Å². The van der Waals surface area contributed by atoms with Crippen LogP contribution in [0.3, 0.4) is 0 Å². The molecule has 0 aliphatic heterocycles. The van der Waals surface area contributed by atoms with Crippen LogP contribution in [0.2, 0.25) is 0 Å². The van der Waals surface area contributed by atoms with E-state index in [0.29, 0.717) is 19.6 Å². The molecule has 0 aliphatic carbocycles. The summed E-state index contributed by atoms with van der Waals surface area (Å²) in [6, 6.07) is 16.4. The first-order valence-electron chi connectivity index (χ1n) is 13.5. The molecule has 1 heterocycles. The van der Waals surface area contributed by atoms with Crippen LogP contribution in [0, 0.1) is 5.92 Å². The average molecular weight is 493 g/mol. The Morgan fingerprint density at radius 1 is 0.750 bits per heavy atom. The first-order chi connectivity index (χ1) is 17.6. The van der Waals surface area contributed by atoms with E-state index in [1.165, 1.54) is 37.7 Å². The lowest BCUT2D eigenvalue weighted by Crippen LogP contribution is -2.18. The molecule has 36 heavy (non-hydrogen) atoms. The molecule has 4 nitrogen and oxygen atoms in total. The molecule has 0 aliphatic rings. The maximum absolute atomic E-state index is 13.5. The van der Waals surface area contributed by atoms with E-state index in [2.05, 4.69) is 53.3 Å². The van der Waals surface area contributed by atoms with Crippen molar-refractivity contribution in [2.75, 3.05) is 13.2 Å². The molecule has 0 amide bonds. The summed E-state index contributed by atoms with van der Waals surface area (Å²) < 4.78 is 24.6. The lowest BCUT2D eigenvalue weighted by atomic mass is 10.0. The summed E-state index contributed by atoms with van der Waals surface area (Å²) >= 11 is 0. The highest BCUT2D eigenvalue weighted by molar-refractivity contribution is 5.68. The van der Waals surface area contributed by atoms with Gasteiger partial charge in [-0.15, -0.1) is 0 Å². The number of hydrogen-bond acceptors (Lipinski definition) is 4. The van der Waals surface area contributed by atoms with E-state index in [9.17, 15) is 4.39 Å². The highest BCUT2D eigenvalue weighted by atomic mass is 19.1. The molecule has 2 unspecified atom stereocenters. The minimum atomic E-state index is -1.18. The van der Waals surface area contributed by atoms with Crippen molar-refractivity contribution in [1.29, 1.82) is 0 Å². The molecule has 1 aromatic heterocycles. The first-order valence-corrected chi connectivity index (χ1v) is 13.5. The van der Waals surface area contributed by atoms with Crippen LogP contribution >= 0.6 is 0 Å². The van der Waals surface area contributed by atoms with Gasteiger partial charge in [0.15, 0.2) is 12.2 Å². The molecule has 0 bridgehead atoms. The molecule has 0 saturated carbocycles. The monoisotopic (exact) mass is 492 g/mol. The van der Waals surface area contributed by atoms with Crippen molar-refractivity contribution in [2.45, 2.75) is 78.5 Å². The molecule has 0 N–H and O–H groups in total. The maximum Gasteiger partial charge on any atom is 0.198 e. The number of nitrogens with zero attached hydrogens (tertiary/aromatic N) is 2. The van der Waals surface area contributed by atoms with Gasteiger partial charge in [0.25, 0.3) is 0 Å². The smallest absolute Gasteiger partial charge is 0.198 e. The van der Waals surface area contributed by atoms with Gasteiger partial charge in [-0.2, -0.15) is 0 Å². The number of alkyl halides is 1. The number of aryl methyl sites for hydroxylation is 1. The third-order valence-electron chi connectivity index (χ3n) is 6.22. The fourth-order valence-corrected chi connectivity index (χ4v) is 3.99. The predicted octanol–water partition coefficient (Wildman–Crippen LogP) is 8.45. The van der Waals surface area contributed by atoms with E-state index >= 15 is 0 Å². The Morgan fingerprint density at radius 3 is 2.00 bits per heavy atom.